The maximum atomic E-state index is 14.1. The number of benzene rings is 3. The normalized spacial score (nSPS) is 28.9. The summed E-state index contributed by atoms with van der Waals surface area (Å²) in [6.07, 6.45) is 2.78. The fourth-order valence-electron chi connectivity index (χ4n) is 7.80. The number of rotatable bonds is 3. The summed E-state index contributed by atoms with van der Waals surface area (Å²) in [5.41, 5.74) is 4.25. The van der Waals surface area contributed by atoms with Gasteiger partial charge in [0.25, 0.3) is 0 Å². The van der Waals surface area contributed by atoms with Crippen LogP contribution in [0.2, 0.25) is 0 Å². The summed E-state index contributed by atoms with van der Waals surface area (Å²) >= 11 is 0. The lowest BCUT2D eigenvalue weighted by Crippen LogP contribution is -2.43. The van der Waals surface area contributed by atoms with E-state index in [0.29, 0.717) is 35.3 Å². The van der Waals surface area contributed by atoms with Crippen LogP contribution in [0.15, 0.2) is 84.4 Å². The van der Waals surface area contributed by atoms with E-state index in [1.165, 1.54) is 9.80 Å². The molecule has 206 valence electrons. The van der Waals surface area contributed by atoms with Crippen LogP contribution in [0.4, 0.5) is 11.4 Å². The number of fused-ring (bicyclic) bond motifs is 4. The SMILES string of the molecule is Cc1cc(C2C3=CCC4C(=O)N(c5ccccc5)C(=O)C4C3CC3C(=O)N(c4ccccc4)C(=O)C32)cc(C)c1O. The van der Waals surface area contributed by atoms with E-state index in [1.54, 1.807) is 48.5 Å². The van der Waals surface area contributed by atoms with Crippen molar-refractivity contribution in [2.24, 2.45) is 29.6 Å². The number of anilines is 2. The van der Waals surface area contributed by atoms with Crippen molar-refractivity contribution in [2.75, 3.05) is 9.80 Å². The molecule has 4 aliphatic rings. The average molecular weight is 547 g/mol. The van der Waals surface area contributed by atoms with Crippen LogP contribution in [-0.4, -0.2) is 28.7 Å². The average Bonchev–Trinajstić information content (AvgIpc) is 3.39. The summed E-state index contributed by atoms with van der Waals surface area (Å²) < 4.78 is 0. The van der Waals surface area contributed by atoms with Gasteiger partial charge in [-0.2, -0.15) is 0 Å². The van der Waals surface area contributed by atoms with Gasteiger partial charge in [0, 0.05) is 5.92 Å². The Morgan fingerprint density at radius 2 is 1.17 bits per heavy atom. The third-order valence-electron chi connectivity index (χ3n) is 9.55. The number of hydrogen-bond acceptors (Lipinski definition) is 5. The Labute approximate surface area is 238 Å². The van der Waals surface area contributed by atoms with Crippen LogP contribution in [0, 0.1) is 43.4 Å². The number of hydrogen-bond donors (Lipinski definition) is 1. The predicted octanol–water partition coefficient (Wildman–Crippen LogP) is 5.05. The molecule has 0 spiro atoms. The van der Waals surface area contributed by atoms with Crippen LogP contribution in [0.3, 0.4) is 0 Å². The molecule has 7 nitrogen and oxygen atoms in total. The summed E-state index contributed by atoms with van der Waals surface area (Å²) in [6, 6.07) is 21.7. The van der Waals surface area contributed by atoms with Gasteiger partial charge < -0.3 is 5.11 Å². The third-order valence-corrected chi connectivity index (χ3v) is 9.55. The molecular formula is C34H30N2O5. The van der Waals surface area contributed by atoms with Gasteiger partial charge in [0.15, 0.2) is 0 Å². The van der Waals surface area contributed by atoms with E-state index in [1.807, 2.05) is 44.2 Å². The van der Waals surface area contributed by atoms with Crippen molar-refractivity contribution < 1.29 is 24.3 Å². The number of carbonyl (C=O) groups excluding carboxylic acids is 4. The van der Waals surface area contributed by atoms with Gasteiger partial charge in [0.2, 0.25) is 23.6 Å². The number of aryl methyl sites for hydroxylation is 2. The Morgan fingerprint density at radius 1 is 0.659 bits per heavy atom. The molecule has 41 heavy (non-hydrogen) atoms. The van der Waals surface area contributed by atoms with Gasteiger partial charge in [-0.05, 0) is 73.6 Å². The van der Waals surface area contributed by atoms with E-state index in [-0.39, 0.29) is 35.3 Å². The van der Waals surface area contributed by atoms with Crippen molar-refractivity contribution in [2.45, 2.75) is 32.6 Å². The molecule has 3 aromatic carbocycles. The molecule has 6 unspecified atom stereocenters. The standard InChI is InChI=1S/C34H30N2O5/c1-18-15-20(16-19(2)30(18)37)27-23-13-14-24-28(33(40)35(31(24)38)21-9-5-3-6-10-21)25(23)17-26-29(27)34(41)36(32(26)39)22-11-7-4-8-12-22/h3-13,15-16,24-29,37H,14,17H2,1-2H3. The van der Waals surface area contributed by atoms with Crippen LogP contribution in [0.1, 0.15) is 35.4 Å². The van der Waals surface area contributed by atoms with Gasteiger partial charge in [-0.1, -0.05) is 60.2 Å². The minimum atomic E-state index is -0.637. The molecule has 4 amide bonds. The Kier molecular flexibility index (Phi) is 5.75. The summed E-state index contributed by atoms with van der Waals surface area (Å²) in [7, 11) is 0. The number of phenols is 1. The van der Waals surface area contributed by atoms with E-state index >= 15 is 0 Å². The molecule has 2 saturated heterocycles. The zero-order valence-electron chi connectivity index (χ0n) is 22.9. The lowest BCUT2D eigenvalue weighted by molar-refractivity contribution is -0.126. The molecule has 2 heterocycles. The number of imide groups is 2. The van der Waals surface area contributed by atoms with Crippen LogP contribution < -0.4 is 9.80 Å². The van der Waals surface area contributed by atoms with Crippen molar-refractivity contribution in [1.82, 2.24) is 0 Å². The summed E-state index contributed by atoms with van der Waals surface area (Å²) in [5.74, 6) is -3.94. The van der Waals surface area contributed by atoms with Crippen molar-refractivity contribution in [3.63, 3.8) is 0 Å². The van der Waals surface area contributed by atoms with Crippen molar-refractivity contribution in [3.8, 4) is 5.75 Å². The van der Waals surface area contributed by atoms with Crippen molar-refractivity contribution in [1.29, 1.82) is 0 Å². The van der Waals surface area contributed by atoms with Crippen LogP contribution in [0.25, 0.3) is 0 Å². The lowest BCUT2D eigenvalue weighted by Gasteiger charge is -2.44. The molecule has 6 atom stereocenters. The zero-order chi connectivity index (χ0) is 28.6. The summed E-state index contributed by atoms with van der Waals surface area (Å²) in [6.45, 7) is 3.65. The highest BCUT2D eigenvalue weighted by molar-refractivity contribution is 6.24. The molecule has 0 aromatic heterocycles. The highest BCUT2D eigenvalue weighted by Crippen LogP contribution is 2.58. The summed E-state index contributed by atoms with van der Waals surface area (Å²) in [5, 5.41) is 10.5. The maximum absolute atomic E-state index is 14.1. The van der Waals surface area contributed by atoms with E-state index in [0.717, 1.165) is 11.1 Å². The van der Waals surface area contributed by atoms with Gasteiger partial charge >= 0.3 is 0 Å². The predicted molar refractivity (Wildman–Crippen MR) is 153 cm³/mol. The highest BCUT2D eigenvalue weighted by Gasteiger charge is 2.62. The molecule has 7 rings (SSSR count). The number of amides is 4. The third kappa shape index (κ3) is 3.64. The molecular weight excluding hydrogens is 516 g/mol. The van der Waals surface area contributed by atoms with E-state index < -0.39 is 29.6 Å². The first-order chi connectivity index (χ1) is 19.8. The Balaban J connectivity index is 1.36. The van der Waals surface area contributed by atoms with Gasteiger partial charge in [0.05, 0.1) is 35.0 Å². The Bertz CT molecular complexity index is 1620. The number of nitrogens with zero attached hydrogens (tertiary/aromatic N) is 2. The first kappa shape index (κ1) is 25.4. The first-order valence-corrected chi connectivity index (χ1v) is 14.1. The molecule has 3 fully saturated rings. The van der Waals surface area contributed by atoms with Gasteiger partial charge in [-0.25, -0.2) is 0 Å². The van der Waals surface area contributed by atoms with Crippen molar-refractivity contribution >= 4 is 35.0 Å². The second-order valence-corrected chi connectivity index (χ2v) is 11.7. The fourth-order valence-corrected chi connectivity index (χ4v) is 7.80. The highest BCUT2D eigenvalue weighted by atomic mass is 16.3. The second kappa shape index (κ2) is 9.26. The minimum Gasteiger partial charge on any atom is -0.507 e. The van der Waals surface area contributed by atoms with Gasteiger partial charge in [0.1, 0.15) is 5.75 Å². The van der Waals surface area contributed by atoms with Crippen LogP contribution in [-0.2, 0) is 19.2 Å². The van der Waals surface area contributed by atoms with E-state index in [4.69, 9.17) is 0 Å². The monoisotopic (exact) mass is 546 g/mol. The Morgan fingerprint density at radius 3 is 1.73 bits per heavy atom. The van der Waals surface area contributed by atoms with Gasteiger partial charge in [-0.3, -0.25) is 29.0 Å². The number of aromatic hydroxyl groups is 1. The lowest BCUT2D eigenvalue weighted by atomic mass is 9.57. The largest absolute Gasteiger partial charge is 0.507 e. The summed E-state index contributed by atoms with van der Waals surface area (Å²) in [4.78, 5) is 58.3. The molecule has 2 aliphatic carbocycles. The van der Waals surface area contributed by atoms with E-state index in [9.17, 15) is 24.3 Å². The Hall–Kier alpha value is -4.52. The first-order valence-electron chi connectivity index (χ1n) is 14.1. The second-order valence-electron chi connectivity index (χ2n) is 11.7. The smallest absolute Gasteiger partial charge is 0.238 e. The molecule has 3 aromatic rings. The molecule has 7 heteroatoms. The maximum Gasteiger partial charge on any atom is 0.238 e. The zero-order valence-corrected chi connectivity index (χ0v) is 22.9. The number of allylic oxidation sites excluding steroid dienone is 2. The quantitative estimate of drug-likeness (QED) is 0.366. The fraction of sp³-hybridized carbons (Fsp3) is 0.294. The number of carbonyl (C=O) groups is 4. The molecule has 0 radical (unpaired) electrons. The van der Waals surface area contributed by atoms with Crippen molar-refractivity contribution in [3.05, 3.63) is 101 Å². The molecule has 0 bridgehead atoms. The topological polar surface area (TPSA) is 95.0 Å². The minimum absolute atomic E-state index is 0.199. The number of para-hydroxylation sites is 2. The molecule has 1 saturated carbocycles. The molecule has 2 aliphatic heterocycles. The van der Waals surface area contributed by atoms with E-state index in [2.05, 4.69) is 0 Å². The number of phenolic OH excluding ortho intramolecular Hbond substituents is 1. The molecule has 1 N–H and O–H groups in total. The van der Waals surface area contributed by atoms with Crippen LogP contribution in [0.5, 0.6) is 5.75 Å². The van der Waals surface area contributed by atoms with Crippen LogP contribution >= 0.6 is 0 Å². The van der Waals surface area contributed by atoms with Gasteiger partial charge in [-0.15, -0.1) is 0 Å².